The molecule has 0 bridgehead atoms. The Morgan fingerprint density at radius 2 is 1.91 bits per heavy atom. The molecule has 1 aromatic carbocycles. The second kappa shape index (κ2) is 5.84. The summed E-state index contributed by atoms with van der Waals surface area (Å²) in [7, 11) is -3.62. The van der Waals surface area contributed by atoms with Crippen molar-refractivity contribution in [2.24, 2.45) is 5.11 Å². The highest BCUT2D eigenvalue weighted by atomic mass is 32.2. The molecule has 0 N–H and O–H groups in total. The van der Waals surface area contributed by atoms with E-state index in [1.54, 1.807) is 0 Å². The van der Waals surface area contributed by atoms with Crippen molar-refractivity contribution >= 4 is 33.0 Å². The van der Waals surface area contributed by atoms with E-state index in [2.05, 4.69) is 16.6 Å². The van der Waals surface area contributed by atoms with Crippen LogP contribution in [-0.2, 0) is 19.4 Å². The lowest BCUT2D eigenvalue weighted by molar-refractivity contribution is -0.119. The van der Waals surface area contributed by atoms with E-state index in [9.17, 15) is 18.0 Å². The topological polar surface area (TPSA) is 120 Å². The van der Waals surface area contributed by atoms with Crippen molar-refractivity contribution < 1.29 is 18.0 Å². The number of hydrogen-bond donors (Lipinski definition) is 0. The van der Waals surface area contributed by atoms with E-state index in [1.165, 1.54) is 18.2 Å². The quantitative estimate of drug-likeness (QED) is 0.271. The third kappa shape index (κ3) is 2.76. The molecule has 1 aromatic rings. The summed E-state index contributed by atoms with van der Waals surface area (Å²) in [5.41, 5.74) is 8.50. The van der Waals surface area contributed by atoms with Crippen LogP contribution in [0, 0.1) is 0 Å². The van der Waals surface area contributed by atoms with Gasteiger partial charge in [0.2, 0.25) is 0 Å². The minimum atomic E-state index is -3.62. The number of carbonyl (C=O) groups excluding carboxylic acids is 2. The number of azide groups is 1. The Balaban J connectivity index is 2.59. The van der Waals surface area contributed by atoms with E-state index in [1.807, 2.05) is 0 Å². The lowest BCUT2D eigenvalue weighted by atomic mass is 10.2. The third-order valence-corrected chi connectivity index (χ3v) is 4.49. The van der Waals surface area contributed by atoms with E-state index in [4.69, 9.17) is 5.53 Å². The summed E-state index contributed by atoms with van der Waals surface area (Å²) in [5, 5.41) is 3.37. The molecule has 22 heavy (non-hydrogen) atoms. The third-order valence-electron chi connectivity index (χ3n) is 2.85. The molecular formula is C13H10N4O4S. The second-order valence-corrected chi connectivity index (χ2v) is 6.29. The first-order valence-electron chi connectivity index (χ1n) is 5.99. The van der Waals surface area contributed by atoms with Crippen LogP contribution in [0.15, 0.2) is 53.0 Å². The number of imide groups is 1. The molecule has 0 radical (unpaired) electrons. The van der Waals surface area contributed by atoms with Gasteiger partial charge in [-0.3, -0.25) is 9.59 Å². The predicted octanol–water partition coefficient (Wildman–Crippen LogP) is 2.02. The molecule has 0 saturated carbocycles. The highest BCUT2D eigenvalue weighted by molar-refractivity contribution is 7.91. The average molecular weight is 318 g/mol. The molecule has 0 aliphatic carbocycles. The van der Waals surface area contributed by atoms with Crippen molar-refractivity contribution in [1.82, 2.24) is 0 Å². The van der Waals surface area contributed by atoms with Crippen LogP contribution >= 0.6 is 0 Å². The summed E-state index contributed by atoms with van der Waals surface area (Å²) in [5.74, 6) is -1.48. The van der Waals surface area contributed by atoms with Gasteiger partial charge in [0.15, 0.2) is 9.84 Å². The number of rotatable bonds is 5. The molecule has 0 saturated heterocycles. The normalized spacial score (nSPS) is 14.1. The average Bonchev–Trinajstić information content (AvgIpc) is 2.79. The van der Waals surface area contributed by atoms with Crippen molar-refractivity contribution in [3.05, 3.63) is 53.4 Å². The molecule has 0 spiro atoms. The maximum Gasteiger partial charge on any atom is 0.258 e. The van der Waals surface area contributed by atoms with E-state index in [0.717, 1.165) is 23.1 Å². The molecular weight excluding hydrogens is 308 g/mol. The minimum Gasteiger partial charge on any atom is -0.269 e. The fourth-order valence-electron chi connectivity index (χ4n) is 1.90. The molecule has 0 atom stereocenters. The Hall–Kier alpha value is -2.90. The van der Waals surface area contributed by atoms with Crippen LogP contribution in [-0.4, -0.2) is 26.0 Å². The van der Waals surface area contributed by atoms with Gasteiger partial charge in [-0.25, -0.2) is 13.3 Å². The van der Waals surface area contributed by atoms with Gasteiger partial charge in [0, 0.05) is 17.1 Å². The number of amides is 2. The number of benzene rings is 1. The highest BCUT2D eigenvalue weighted by Crippen LogP contribution is 2.33. The van der Waals surface area contributed by atoms with Crippen molar-refractivity contribution in [2.75, 3.05) is 10.7 Å². The highest BCUT2D eigenvalue weighted by Gasteiger charge is 2.27. The van der Waals surface area contributed by atoms with Crippen molar-refractivity contribution in [3.63, 3.8) is 0 Å². The number of hydrogen-bond acceptors (Lipinski definition) is 5. The fraction of sp³-hybridized carbons (Fsp3) is 0.0769. The summed E-state index contributed by atoms with van der Waals surface area (Å²) >= 11 is 0. The number of nitrogens with zero attached hydrogens (tertiary/aromatic N) is 4. The van der Waals surface area contributed by atoms with Crippen LogP contribution in [0.3, 0.4) is 0 Å². The Kier molecular flexibility index (Phi) is 4.11. The summed E-state index contributed by atoms with van der Waals surface area (Å²) in [4.78, 5) is 26.7. The zero-order valence-corrected chi connectivity index (χ0v) is 12.0. The monoisotopic (exact) mass is 318 g/mol. The van der Waals surface area contributed by atoms with Gasteiger partial charge in [-0.2, -0.15) is 0 Å². The summed E-state index contributed by atoms with van der Waals surface area (Å²) in [6.07, 6.45) is 3.38. The lowest BCUT2D eigenvalue weighted by Crippen LogP contribution is -2.29. The van der Waals surface area contributed by atoms with Crippen LogP contribution in [0.5, 0.6) is 0 Å². The predicted molar refractivity (Wildman–Crippen MR) is 79.1 cm³/mol. The van der Waals surface area contributed by atoms with E-state index < -0.39 is 21.7 Å². The Labute approximate surface area is 125 Å². The van der Waals surface area contributed by atoms with Gasteiger partial charge in [0.1, 0.15) is 0 Å². The van der Waals surface area contributed by atoms with Gasteiger partial charge in [0.25, 0.3) is 11.8 Å². The Morgan fingerprint density at radius 1 is 1.27 bits per heavy atom. The lowest BCUT2D eigenvalue weighted by Gasteiger charge is -2.16. The number of anilines is 1. The molecule has 0 fully saturated rings. The summed E-state index contributed by atoms with van der Waals surface area (Å²) in [6, 6.07) is 3.61. The van der Waals surface area contributed by atoms with Gasteiger partial charge in [0.05, 0.1) is 22.0 Å². The van der Waals surface area contributed by atoms with Crippen LogP contribution in [0.4, 0.5) is 11.4 Å². The van der Waals surface area contributed by atoms with Crippen LogP contribution in [0.2, 0.25) is 0 Å². The van der Waals surface area contributed by atoms with Gasteiger partial charge in [-0.15, -0.1) is 6.58 Å². The maximum atomic E-state index is 12.0. The standard InChI is InChI=1S/C13H10N4O4S/c1-2-7-22(20,21)9-3-4-11(10(8-9)15-16-14)17-12(18)5-6-13(17)19/h2-6,8H,1,7H2. The molecule has 0 aromatic heterocycles. The molecule has 1 aliphatic heterocycles. The minimum absolute atomic E-state index is 0.0235. The molecule has 0 unspecified atom stereocenters. The summed E-state index contributed by atoms with van der Waals surface area (Å²) < 4.78 is 24.0. The van der Waals surface area contributed by atoms with Gasteiger partial charge >= 0.3 is 0 Å². The van der Waals surface area contributed by atoms with E-state index in [-0.39, 0.29) is 22.0 Å². The first-order chi connectivity index (χ1) is 10.4. The molecule has 1 heterocycles. The van der Waals surface area contributed by atoms with Gasteiger partial charge in [-0.05, 0) is 23.7 Å². The van der Waals surface area contributed by atoms with Crippen molar-refractivity contribution in [1.29, 1.82) is 0 Å². The first-order valence-corrected chi connectivity index (χ1v) is 7.65. The molecule has 2 rings (SSSR count). The van der Waals surface area contributed by atoms with Crippen LogP contribution < -0.4 is 4.90 Å². The van der Waals surface area contributed by atoms with Crippen molar-refractivity contribution in [3.8, 4) is 0 Å². The van der Waals surface area contributed by atoms with Crippen LogP contribution in [0.25, 0.3) is 10.4 Å². The Bertz CT molecular complexity index is 833. The molecule has 1 aliphatic rings. The van der Waals surface area contributed by atoms with Crippen LogP contribution in [0.1, 0.15) is 0 Å². The van der Waals surface area contributed by atoms with Gasteiger partial charge < -0.3 is 0 Å². The fourth-order valence-corrected chi connectivity index (χ4v) is 2.97. The largest absolute Gasteiger partial charge is 0.269 e. The molecule has 9 heteroatoms. The van der Waals surface area contributed by atoms with E-state index in [0.29, 0.717) is 0 Å². The zero-order valence-electron chi connectivity index (χ0n) is 11.2. The number of carbonyl (C=O) groups is 2. The smallest absolute Gasteiger partial charge is 0.258 e. The van der Waals surface area contributed by atoms with Crippen molar-refractivity contribution in [2.45, 2.75) is 4.90 Å². The molecule has 8 nitrogen and oxygen atoms in total. The Morgan fingerprint density at radius 3 is 2.45 bits per heavy atom. The molecule has 2 amide bonds. The SMILES string of the molecule is C=CCS(=O)(=O)c1ccc(N2C(=O)C=CC2=O)c(N=[N+]=[N-])c1. The first kappa shape index (κ1) is 15.5. The summed E-state index contributed by atoms with van der Waals surface area (Å²) in [6.45, 7) is 3.36. The van der Waals surface area contributed by atoms with E-state index >= 15 is 0 Å². The maximum absolute atomic E-state index is 12.0. The second-order valence-electron chi connectivity index (χ2n) is 4.26. The van der Waals surface area contributed by atoms with Gasteiger partial charge in [-0.1, -0.05) is 11.2 Å². The zero-order chi connectivity index (χ0) is 16.3. The molecule has 112 valence electrons. The number of sulfone groups is 1.